The van der Waals surface area contributed by atoms with E-state index in [1.807, 2.05) is 0 Å². The fraction of sp³-hybridized carbons (Fsp3) is 0.211. The van der Waals surface area contributed by atoms with E-state index in [2.05, 4.69) is 5.32 Å². The first-order valence-corrected chi connectivity index (χ1v) is 10.1. The first kappa shape index (κ1) is 20.9. The molecule has 146 valence electrons. The predicted molar refractivity (Wildman–Crippen MR) is 102 cm³/mol. The van der Waals surface area contributed by atoms with Crippen molar-refractivity contribution in [3.63, 3.8) is 0 Å². The summed E-state index contributed by atoms with van der Waals surface area (Å²) in [5.41, 5.74) is 0.597. The minimum atomic E-state index is -3.78. The molecule has 0 saturated heterocycles. The van der Waals surface area contributed by atoms with Gasteiger partial charge in [-0.15, -0.1) is 0 Å². The fourth-order valence-electron chi connectivity index (χ4n) is 2.49. The van der Waals surface area contributed by atoms with Crippen LogP contribution in [0.4, 0.5) is 0 Å². The zero-order valence-corrected chi connectivity index (χ0v) is 15.9. The van der Waals surface area contributed by atoms with Gasteiger partial charge >= 0.3 is 0 Å². The van der Waals surface area contributed by atoms with Gasteiger partial charge in [0, 0.05) is 12.6 Å². The number of carbonyl (C=O) groups is 2. The molecule has 2 aromatic carbocycles. The van der Waals surface area contributed by atoms with E-state index in [9.17, 15) is 23.1 Å². The summed E-state index contributed by atoms with van der Waals surface area (Å²) in [6.45, 7) is 0. The highest BCUT2D eigenvalue weighted by atomic mass is 32.2. The van der Waals surface area contributed by atoms with Crippen molar-refractivity contribution in [3.05, 3.63) is 65.7 Å². The Kier molecular flexibility index (Phi) is 6.74. The second kappa shape index (κ2) is 9.01. The van der Waals surface area contributed by atoms with Crippen molar-refractivity contribution >= 4 is 21.7 Å². The summed E-state index contributed by atoms with van der Waals surface area (Å²) >= 11 is 0. The van der Waals surface area contributed by atoms with Crippen LogP contribution in [0.15, 0.2) is 54.6 Å². The van der Waals surface area contributed by atoms with Gasteiger partial charge in [0.15, 0.2) is 16.0 Å². The van der Waals surface area contributed by atoms with Crippen LogP contribution in [0.2, 0.25) is 0 Å². The van der Waals surface area contributed by atoms with E-state index in [0.29, 0.717) is 10.5 Å². The summed E-state index contributed by atoms with van der Waals surface area (Å²) in [6, 6.07) is 12.4. The molecule has 9 heteroatoms. The number of likely N-dealkylation sites (N-methyl/N-ethyl adjacent to an activating group) is 1. The van der Waals surface area contributed by atoms with Crippen LogP contribution in [-0.4, -0.2) is 49.1 Å². The third-order valence-corrected chi connectivity index (χ3v) is 5.46. The molecule has 0 unspecified atom stereocenters. The molecule has 0 aromatic heterocycles. The molecule has 0 bridgehead atoms. The second-order valence-corrected chi connectivity index (χ2v) is 8.22. The summed E-state index contributed by atoms with van der Waals surface area (Å²) in [5, 5.41) is 20.8. The van der Waals surface area contributed by atoms with Crippen molar-refractivity contribution in [1.29, 1.82) is 5.26 Å². The summed E-state index contributed by atoms with van der Waals surface area (Å²) in [4.78, 5) is 25.5. The summed E-state index contributed by atoms with van der Waals surface area (Å²) in [6.07, 6.45) is 1.60. The van der Waals surface area contributed by atoms with Crippen LogP contribution in [0, 0.1) is 11.5 Å². The van der Waals surface area contributed by atoms with Crippen LogP contribution in [-0.2, 0) is 20.4 Å². The standard InChI is InChI=1S/C19H19N3O5S/c1-22(13-20)19(25)17(21-18(24)15-8-5-9-16(23)10-15)12-28(26,27)11-14-6-3-2-4-7-14/h2-10,17,23H,11-12H2,1H3,(H,21,24)/t17-/m0/s1. The van der Waals surface area contributed by atoms with E-state index in [1.54, 1.807) is 36.5 Å². The van der Waals surface area contributed by atoms with Crippen LogP contribution in [0.3, 0.4) is 0 Å². The highest BCUT2D eigenvalue weighted by molar-refractivity contribution is 7.90. The highest BCUT2D eigenvalue weighted by Crippen LogP contribution is 2.12. The Balaban J connectivity index is 2.23. The number of hydrogen-bond acceptors (Lipinski definition) is 6. The van der Waals surface area contributed by atoms with Gasteiger partial charge in [0.1, 0.15) is 11.8 Å². The molecule has 28 heavy (non-hydrogen) atoms. The number of rotatable bonds is 7. The molecule has 0 saturated carbocycles. The average Bonchev–Trinajstić information content (AvgIpc) is 2.66. The Hall–Kier alpha value is -3.38. The highest BCUT2D eigenvalue weighted by Gasteiger charge is 2.30. The van der Waals surface area contributed by atoms with Crippen molar-refractivity contribution in [3.8, 4) is 11.9 Å². The molecule has 0 spiro atoms. The maximum absolute atomic E-state index is 12.6. The lowest BCUT2D eigenvalue weighted by Crippen LogP contribution is -2.50. The smallest absolute Gasteiger partial charge is 0.258 e. The van der Waals surface area contributed by atoms with E-state index in [4.69, 9.17) is 5.26 Å². The molecule has 2 amide bonds. The lowest BCUT2D eigenvalue weighted by atomic mass is 10.2. The molecular weight excluding hydrogens is 382 g/mol. The summed E-state index contributed by atoms with van der Waals surface area (Å²) in [5.74, 6) is -2.72. The van der Waals surface area contributed by atoms with E-state index in [0.717, 1.165) is 0 Å². The van der Waals surface area contributed by atoms with Gasteiger partial charge in [-0.05, 0) is 23.8 Å². The number of hydrogen-bond donors (Lipinski definition) is 2. The maximum Gasteiger partial charge on any atom is 0.258 e. The minimum absolute atomic E-state index is 0.0536. The summed E-state index contributed by atoms with van der Waals surface area (Å²) in [7, 11) is -2.60. The van der Waals surface area contributed by atoms with E-state index >= 15 is 0 Å². The predicted octanol–water partition coefficient (Wildman–Crippen LogP) is 1.05. The Morgan fingerprint density at radius 2 is 1.86 bits per heavy atom. The zero-order chi connectivity index (χ0) is 20.7. The van der Waals surface area contributed by atoms with Crippen molar-refractivity contribution in [2.75, 3.05) is 12.8 Å². The van der Waals surface area contributed by atoms with Gasteiger partial charge in [0.2, 0.25) is 0 Å². The Morgan fingerprint density at radius 1 is 1.18 bits per heavy atom. The molecule has 2 aromatic rings. The Labute approximate surface area is 162 Å². The van der Waals surface area contributed by atoms with Crippen LogP contribution in [0.5, 0.6) is 5.75 Å². The molecule has 0 radical (unpaired) electrons. The normalized spacial score (nSPS) is 11.9. The van der Waals surface area contributed by atoms with Crippen molar-refractivity contribution in [1.82, 2.24) is 10.2 Å². The third-order valence-electron chi connectivity index (χ3n) is 3.84. The molecule has 0 aliphatic carbocycles. The molecule has 0 heterocycles. The van der Waals surface area contributed by atoms with E-state index in [1.165, 1.54) is 31.3 Å². The van der Waals surface area contributed by atoms with Gasteiger partial charge in [-0.2, -0.15) is 5.26 Å². The molecule has 2 rings (SSSR count). The van der Waals surface area contributed by atoms with Gasteiger partial charge in [-0.3, -0.25) is 14.5 Å². The topological polar surface area (TPSA) is 128 Å². The fourth-order valence-corrected chi connectivity index (χ4v) is 4.04. The minimum Gasteiger partial charge on any atom is -0.508 e. The van der Waals surface area contributed by atoms with E-state index in [-0.39, 0.29) is 17.1 Å². The van der Waals surface area contributed by atoms with Crippen LogP contribution >= 0.6 is 0 Å². The number of nitrogens with one attached hydrogen (secondary N) is 1. The van der Waals surface area contributed by atoms with Gasteiger partial charge in [-0.25, -0.2) is 8.42 Å². The van der Waals surface area contributed by atoms with Gasteiger partial charge < -0.3 is 10.4 Å². The SMILES string of the molecule is CN(C#N)C(=O)[C@H](CS(=O)(=O)Cc1ccccc1)NC(=O)c1cccc(O)c1. The summed E-state index contributed by atoms with van der Waals surface area (Å²) < 4.78 is 25.1. The Bertz CT molecular complexity index is 1000. The first-order chi connectivity index (χ1) is 13.2. The average molecular weight is 401 g/mol. The van der Waals surface area contributed by atoms with Crippen molar-refractivity contribution in [2.24, 2.45) is 0 Å². The van der Waals surface area contributed by atoms with Gasteiger partial charge in [0.05, 0.1) is 11.5 Å². The van der Waals surface area contributed by atoms with Gasteiger partial charge in [-0.1, -0.05) is 36.4 Å². The number of nitriles is 1. The third kappa shape index (κ3) is 5.82. The number of carbonyl (C=O) groups excluding carboxylic acids is 2. The lowest BCUT2D eigenvalue weighted by Gasteiger charge is -2.20. The van der Waals surface area contributed by atoms with Crippen molar-refractivity contribution < 1.29 is 23.1 Å². The lowest BCUT2D eigenvalue weighted by molar-refractivity contribution is -0.128. The molecule has 0 fully saturated rings. The number of phenolic OH excluding ortho intramolecular Hbond substituents is 1. The van der Waals surface area contributed by atoms with E-state index < -0.39 is 33.4 Å². The van der Waals surface area contributed by atoms with Crippen LogP contribution in [0.25, 0.3) is 0 Å². The van der Waals surface area contributed by atoms with Crippen LogP contribution in [0.1, 0.15) is 15.9 Å². The molecule has 0 aliphatic heterocycles. The number of nitrogens with zero attached hydrogens (tertiary/aromatic N) is 2. The number of sulfone groups is 1. The second-order valence-electron chi connectivity index (χ2n) is 6.11. The first-order valence-electron chi connectivity index (χ1n) is 8.23. The quantitative estimate of drug-likeness (QED) is 0.527. The molecule has 2 N–H and O–H groups in total. The number of amides is 2. The van der Waals surface area contributed by atoms with Crippen LogP contribution < -0.4 is 5.32 Å². The number of aromatic hydroxyl groups is 1. The van der Waals surface area contributed by atoms with Crippen molar-refractivity contribution in [2.45, 2.75) is 11.8 Å². The Morgan fingerprint density at radius 3 is 2.46 bits per heavy atom. The number of phenols is 1. The monoisotopic (exact) mass is 401 g/mol. The zero-order valence-electron chi connectivity index (χ0n) is 15.1. The maximum atomic E-state index is 12.6. The van der Waals surface area contributed by atoms with Gasteiger partial charge in [0.25, 0.3) is 11.8 Å². The number of benzene rings is 2. The molecule has 8 nitrogen and oxygen atoms in total. The molecule has 0 aliphatic rings. The largest absolute Gasteiger partial charge is 0.508 e. The molecular formula is C19H19N3O5S. The molecule has 1 atom stereocenters.